The molecule has 2 aromatic rings. The minimum absolute atomic E-state index is 0. The van der Waals surface area contributed by atoms with Gasteiger partial charge in [0, 0.05) is 12.3 Å². The predicted molar refractivity (Wildman–Crippen MR) is 64.6 cm³/mol. The van der Waals surface area contributed by atoms with Gasteiger partial charge in [-0.25, -0.2) is 0 Å². The SMILES string of the molecule is O.O/N=c1\sc2ccccc2n1CCS. The van der Waals surface area contributed by atoms with E-state index >= 15 is 0 Å². The van der Waals surface area contributed by atoms with Crippen molar-refractivity contribution in [2.75, 3.05) is 5.75 Å². The number of aromatic nitrogens is 1. The Labute approximate surface area is 96.2 Å². The maximum Gasteiger partial charge on any atom is 0.228 e. The van der Waals surface area contributed by atoms with Crippen LogP contribution in [0.5, 0.6) is 0 Å². The molecule has 1 heterocycles. The maximum atomic E-state index is 8.84. The number of thiol groups is 1. The van der Waals surface area contributed by atoms with Crippen LogP contribution in [-0.4, -0.2) is 21.0 Å². The summed E-state index contributed by atoms with van der Waals surface area (Å²) < 4.78 is 3.09. The Kier molecular flexibility index (Phi) is 4.19. The second kappa shape index (κ2) is 5.20. The summed E-state index contributed by atoms with van der Waals surface area (Å²) in [6.45, 7) is 0.756. The fourth-order valence-electron chi connectivity index (χ4n) is 1.41. The van der Waals surface area contributed by atoms with E-state index in [0.717, 1.165) is 22.5 Å². The first-order chi connectivity index (χ1) is 6.86. The molecule has 0 radical (unpaired) electrons. The number of nitrogens with zero attached hydrogens (tertiary/aromatic N) is 2. The highest BCUT2D eigenvalue weighted by molar-refractivity contribution is 7.80. The molecule has 0 atom stereocenters. The molecule has 0 aliphatic carbocycles. The fourth-order valence-corrected chi connectivity index (χ4v) is 2.58. The summed E-state index contributed by atoms with van der Waals surface area (Å²) in [6, 6.07) is 7.99. The van der Waals surface area contributed by atoms with Crippen LogP contribution in [0.1, 0.15) is 0 Å². The number of hydrogen-bond donors (Lipinski definition) is 2. The summed E-state index contributed by atoms with van der Waals surface area (Å²) in [7, 11) is 0. The molecule has 1 aromatic heterocycles. The molecule has 15 heavy (non-hydrogen) atoms. The maximum absolute atomic E-state index is 8.84. The Morgan fingerprint density at radius 3 is 2.80 bits per heavy atom. The van der Waals surface area contributed by atoms with Crippen molar-refractivity contribution >= 4 is 34.2 Å². The van der Waals surface area contributed by atoms with E-state index in [2.05, 4.69) is 17.8 Å². The van der Waals surface area contributed by atoms with E-state index in [-0.39, 0.29) is 5.48 Å². The van der Waals surface area contributed by atoms with Crippen molar-refractivity contribution in [2.24, 2.45) is 5.16 Å². The molecule has 2 rings (SSSR count). The molecule has 82 valence electrons. The average molecular weight is 244 g/mol. The van der Waals surface area contributed by atoms with E-state index in [9.17, 15) is 0 Å². The van der Waals surface area contributed by atoms with Gasteiger partial charge in [0.25, 0.3) is 0 Å². The topological polar surface area (TPSA) is 69.0 Å². The Hall–Kier alpha value is -0.980. The van der Waals surface area contributed by atoms with Gasteiger partial charge in [-0.15, -0.1) is 0 Å². The summed E-state index contributed by atoms with van der Waals surface area (Å²) >= 11 is 5.66. The number of para-hydroxylation sites is 1. The Morgan fingerprint density at radius 1 is 1.40 bits per heavy atom. The third kappa shape index (κ3) is 2.17. The zero-order chi connectivity index (χ0) is 9.97. The standard InChI is InChI=1S/C9H10N2OS2.H2O/c12-10-9-11(5-6-13)7-3-1-2-4-8(7)14-9;/h1-4,12-13H,5-6H2;1H2/b10-9-;. The van der Waals surface area contributed by atoms with Crippen molar-refractivity contribution in [3.05, 3.63) is 29.1 Å². The monoisotopic (exact) mass is 244 g/mol. The first kappa shape index (κ1) is 12.1. The lowest BCUT2D eigenvalue weighted by molar-refractivity contribution is 0.297. The third-order valence-electron chi connectivity index (χ3n) is 2.00. The highest BCUT2D eigenvalue weighted by Crippen LogP contribution is 2.16. The summed E-state index contributed by atoms with van der Waals surface area (Å²) in [5.41, 5.74) is 1.10. The van der Waals surface area contributed by atoms with Gasteiger partial charge in [-0.2, -0.15) is 12.6 Å². The Bertz CT molecular complexity index is 504. The molecule has 0 saturated carbocycles. The van der Waals surface area contributed by atoms with Crippen LogP contribution in [-0.2, 0) is 6.54 Å². The molecule has 0 unspecified atom stereocenters. The zero-order valence-electron chi connectivity index (χ0n) is 7.92. The molecule has 0 spiro atoms. The number of benzene rings is 1. The first-order valence-electron chi connectivity index (χ1n) is 4.24. The molecule has 0 amide bonds. The summed E-state index contributed by atoms with van der Waals surface area (Å²) in [5.74, 6) is 0.730. The van der Waals surface area contributed by atoms with Gasteiger partial charge in [0.2, 0.25) is 4.80 Å². The van der Waals surface area contributed by atoms with Crippen LogP contribution in [0.4, 0.5) is 0 Å². The molecule has 0 aliphatic heterocycles. The molecule has 0 aliphatic rings. The normalized spacial score (nSPS) is 11.7. The van der Waals surface area contributed by atoms with Crippen molar-refractivity contribution in [1.82, 2.24) is 4.57 Å². The lowest BCUT2D eigenvalue weighted by Gasteiger charge is -2.00. The van der Waals surface area contributed by atoms with Crippen molar-refractivity contribution in [2.45, 2.75) is 6.54 Å². The number of rotatable bonds is 2. The Balaban J connectivity index is 0.00000112. The minimum Gasteiger partial charge on any atom is -0.412 e. The number of hydrogen-bond acceptors (Lipinski definition) is 4. The zero-order valence-corrected chi connectivity index (χ0v) is 9.63. The average Bonchev–Trinajstić information content (AvgIpc) is 2.58. The fraction of sp³-hybridized carbons (Fsp3) is 0.222. The second-order valence-electron chi connectivity index (χ2n) is 2.83. The second-order valence-corrected chi connectivity index (χ2v) is 4.28. The van der Waals surface area contributed by atoms with Crippen molar-refractivity contribution < 1.29 is 10.7 Å². The molecule has 0 bridgehead atoms. The predicted octanol–water partition coefficient (Wildman–Crippen LogP) is 1.10. The van der Waals surface area contributed by atoms with Crippen LogP contribution in [0.15, 0.2) is 29.4 Å². The highest BCUT2D eigenvalue weighted by atomic mass is 32.1. The van der Waals surface area contributed by atoms with Gasteiger partial charge >= 0.3 is 0 Å². The van der Waals surface area contributed by atoms with E-state index in [1.807, 2.05) is 28.8 Å². The molecule has 1 aromatic carbocycles. The molecular weight excluding hydrogens is 232 g/mol. The van der Waals surface area contributed by atoms with E-state index in [4.69, 9.17) is 5.21 Å². The number of thiazole rings is 1. The van der Waals surface area contributed by atoms with Crippen molar-refractivity contribution in [3.63, 3.8) is 0 Å². The molecule has 6 heteroatoms. The molecular formula is C9H12N2O2S2. The van der Waals surface area contributed by atoms with Crippen molar-refractivity contribution in [3.8, 4) is 0 Å². The lowest BCUT2D eigenvalue weighted by atomic mass is 10.3. The smallest absolute Gasteiger partial charge is 0.228 e. The molecule has 3 N–H and O–H groups in total. The van der Waals surface area contributed by atoms with E-state index in [1.165, 1.54) is 11.3 Å². The van der Waals surface area contributed by atoms with Gasteiger partial charge in [-0.1, -0.05) is 28.6 Å². The summed E-state index contributed by atoms with van der Waals surface area (Å²) in [5, 5.41) is 12.1. The van der Waals surface area contributed by atoms with Crippen LogP contribution < -0.4 is 4.80 Å². The quantitative estimate of drug-likeness (QED) is 0.463. The molecule has 0 saturated heterocycles. The van der Waals surface area contributed by atoms with Gasteiger partial charge in [-0.05, 0) is 12.1 Å². The van der Waals surface area contributed by atoms with Gasteiger partial charge in [0.05, 0.1) is 10.2 Å². The van der Waals surface area contributed by atoms with Gasteiger partial charge in [0.15, 0.2) is 0 Å². The van der Waals surface area contributed by atoms with Crippen LogP contribution in [0.2, 0.25) is 0 Å². The Morgan fingerprint density at radius 2 is 2.13 bits per heavy atom. The van der Waals surface area contributed by atoms with Crippen LogP contribution in [0, 0.1) is 0 Å². The molecule has 4 nitrogen and oxygen atoms in total. The van der Waals surface area contributed by atoms with E-state index < -0.39 is 0 Å². The third-order valence-corrected chi connectivity index (χ3v) is 3.25. The molecule has 0 fully saturated rings. The van der Waals surface area contributed by atoms with Crippen LogP contribution >= 0.6 is 24.0 Å². The minimum atomic E-state index is 0. The van der Waals surface area contributed by atoms with Crippen molar-refractivity contribution in [1.29, 1.82) is 0 Å². The number of aryl methyl sites for hydroxylation is 1. The van der Waals surface area contributed by atoms with Gasteiger partial charge in [0.1, 0.15) is 0 Å². The van der Waals surface area contributed by atoms with E-state index in [1.54, 1.807) is 0 Å². The van der Waals surface area contributed by atoms with Gasteiger partial charge in [-0.3, -0.25) is 0 Å². The van der Waals surface area contributed by atoms with Crippen LogP contribution in [0.3, 0.4) is 0 Å². The number of fused-ring (bicyclic) bond motifs is 1. The highest BCUT2D eigenvalue weighted by Gasteiger charge is 2.03. The van der Waals surface area contributed by atoms with Gasteiger partial charge < -0.3 is 15.3 Å². The summed E-state index contributed by atoms with van der Waals surface area (Å²) in [4.78, 5) is 0.625. The first-order valence-corrected chi connectivity index (χ1v) is 5.69. The van der Waals surface area contributed by atoms with E-state index in [0.29, 0.717) is 4.80 Å². The summed E-state index contributed by atoms with van der Waals surface area (Å²) in [6.07, 6.45) is 0. The van der Waals surface area contributed by atoms with Crippen LogP contribution in [0.25, 0.3) is 10.2 Å². The largest absolute Gasteiger partial charge is 0.412 e. The lowest BCUT2D eigenvalue weighted by Crippen LogP contribution is -2.15.